The number of carbonyl (C=O) groups is 2. The molecule has 1 aromatic heterocycles. The molecule has 0 fully saturated rings. The number of carbonyl (C=O) groups excluding carboxylic acids is 1. The summed E-state index contributed by atoms with van der Waals surface area (Å²) < 4.78 is 5.09. The molecule has 0 unspecified atom stereocenters. The third kappa shape index (κ3) is 2.67. The molecule has 19 heavy (non-hydrogen) atoms. The molecule has 0 aliphatic heterocycles. The van der Waals surface area contributed by atoms with Gasteiger partial charge in [0.25, 0.3) is 5.91 Å². The third-order valence-corrected chi connectivity index (χ3v) is 2.79. The predicted molar refractivity (Wildman–Crippen MR) is 69.4 cm³/mol. The normalized spacial score (nSPS) is 12.1. The monoisotopic (exact) mass is 262 g/mol. The van der Waals surface area contributed by atoms with Crippen molar-refractivity contribution >= 4 is 22.8 Å². The Hall–Kier alpha value is -2.50. The van der Waals surface area contributed by atoms with Gasteiger partial charge in [-0.15, -0.1) is 0 Å². The van der Waals surface area contributed by atoms with Gasteiger partial charge in [-0.25, -0.2) is 0 Å². The summed E-state index contributed by atoms with van der Waals surface area (Å²) in [4.78, 5) is 25.5. The van der Waals surface area contributed by atoms with Crippen LogP contribution in [0.4, 0.5) is 0 Å². The molecule has 0 saturated carbocycles. The molecule has 1 aromatic carbocycles. The van der Waals surface area contributed by atoms with Crippen LogP contribution < -0.4 is 10.1 Å². The van der Waals surface area contributed by atoms with Crippen molar-refractivity contribution in [3.8, 4) is 5.75 Å². The van der Waals surface area contributed by atoms with Crippen LogP contribution >= 0.6 is 0 Å². The van der Waals surface area contributed by atoms with Crippen molar-refractivity contribution in [3.05, 3.63) is 30.0 Å². The predicted octanol–water partition coefficient (Wildman–Crippen LogP) is 1.38. The van der Waals surface area contributed by atoms with Crippen LogP contribution in [0.1, 0.15) is 17.4 Å². The van der Waals surface area contributed by atoms with Crippen molar-refractivity contribution in [3.63, 3.8) is 0 Å². The molecule has 0 aliphatic carbocycles. The molecule has 0 bridgehead atoms. The van der Waals surface area contributed by atoms with E-state index in [-0.39, 0.29) is 0 Å². The van der Waals surface area contributed by atoms with E-state index in [1.165, 1.54) is 6.92 Å². The van der Waals surface area contributed by atoms with Gasteiger partial charge in [-0.3, -0.25) is 9.59 Å². The zero-order valence-corrected chi connectivity index (χ0v) is 10.6. The lowest BCUT2D eigenvalue weighted by Crippen LogP contribution is -2.38. The van der Waals surface area contributed by atoms with Gasteiger partial charge in [-0.1, -0.05) is 0 Å². The first-order valence-corrected chi connectivity index (χ1v) is 5.71. The number of carboxylic acid groups (broad SMARTS) is 1. The zero-order chi connectivity index (χ0) is 14.0. The number of aromatic amines is 1. The Balaban J connectivity index is 2.25. The maximum absolute atomic E-state index is 11.8. The summed E-state index contributed by atoms with van der Waals surface area (Å²) in [7, 11) is 1.56. The molecule has 1 heterocycles. The SMILES string of the molecule is COc1ccc2cc(C(=O)N[C@@H](C)C(=O)O)[nH]c2c1. The van der Waals surface area contributed by atoms with Crippen LogP contribution in [-0.2, 0) is 4.79 Å². The molecular formula is C13H14N2O4. The van der Waals surface area contributed by atoms with Gasteiger partial charge in [0.15, 0.2) is 0 Å². The van der Waals surface area contributed by atoms with Crippen LogP contribution in [0, 0.1) is 0 Å². The standard InChI is InChI=1S/C13H14N2O4/c1-7(13(17)18)14-12(16)11-5-8-3-4-9(19-2)6-10(8)15-11/h3-7,15H,1-2H3,(H,14,16)(H,17,18)/t7-/m0/s1. The Bertz CT molecular complexity index is 633. The molecule has 1 atom stereocenters. The number of nitrogens with one attached hydrogen (secondary N) is 2. The van der Waals surface area contributed by atoms with Crippen LogP contribution in [0.15, 0.2) is 24.3 Å². The van der Waals surface area contributed by atoms with Gasteiger partial charge in [0.2, 0.25) is 0 Å². The molecule has 2 rings (SSSR count). The number of rotatable bonds is 4. The lowest BCUT2D eigenvalue weighted by Gasteiger charge is -2.07. The van der Waals surface area contributed by atoms with Crippen LogP contribution in [0.5, 0.6) is 5.75 Å². The number of amides is 1. The number of benzene rings is 1. The molecule has 2 aromatic rings. The van der Waals surface area contributed by atoms with Crippen molar-refractivity contribution in [2.75, 3.05) is 7.11 Å². The minimum Gasteiger partial charge on any atom is -0.497 e. The average molecular weight is 262 g/mol. The fourth-order valence-corrected chi connectivity index (χ4v) is 1.69. The summed E-state index contributed by atoms with van der Waals surface area (Å²) in [6.07, 6.45) is 0. The van der Waals surface area contributed by atoms with Crippen LogP contribution in [0.3, 0.4) is 0 Å². The molecule has 0 radical (unpaired) electrons. The van der Waals surface area contributed by atoms with Gasteiger partial charge in [-0.05, 0) is 25.1 Å². The van der Waals surface area contributed by atoms with Crippen molar-refractivity contribution in [1.82, 2.24) is 10.3 Å². The van der Waals surface area contributed by atoms with Crippen molar-refractivity contribution < 1.29 is 19.4 Å². The van der Waals surface area contributed by atoms with E-state index in [0.717, 1.165) is 10.9 Å². The zero-order valence-electron chi connectivity index (χ0n) is 10.6. The van der Waals surface area contributed by atoms with Crippen LogP contribution in [-0.4, -0.2) is 35.1 Å². The van der Waals surface area contributed by atoms with Gasteiger partial charge in [0.05, 0.1) is 7.11 Å². The number of hydrogen-bond donors (Lipinski definition) is 3. The fourth-order valence-electron chi connectivity index (χ4n) is 1.69. The van der Waals surface area contributed by atoms with Gasteiger partial charge in [0.1, 0.15) is 17.5 Å². The van der Waals surface area contributed by atoms with E-state index in [1.807, 2.05) is 6.07 Å². The quantitative estimate of drug-likeness (QED) is 0.776. The van der Waals surface area contributed by atoms with E-state index < -0.39 is 17.9 Å². The number of hydrogen-bond acceptors (Lipinski definition) is 3. The summed E-state index contributed by atoms with van der Waals surface area (Å²) >= 11 is 0. The Kier molecular flexibility index (Phi) is 3.41. The second-order valence-corrected chi connectivity index (χ2v) is 4.17. The first kappa shape index (κ1) is 12.9. The summed E-state index contributed by atoms with van der Waals surface area (Å²) in [5, 5.41) is 12.0. The molecule has 0 aliphatic rings. The van der Waals surface area contributed by atoms with E-state index in [0.29, 0.717) is 11.4 Å². The summed E-state index contributed by atoms with van der Waals surface area (Å²) in [5.74, 6) is -0.851. The molecule has 1 amide bonds. The fraction of sp³-hybridized carbons (Fsp3) is 0.231. The van der Waals surface area contributed by atoms with E-state index >= 15 is 0 Å². The minimum absolute atomic E-state index is 0.316. The number of methoxy groups -OCH3 is 1. The lowest BCUT2D eigenvalue weighted by atomic mass is 10.2. The van der Waals surface area contributed by atoms with Gasteiger partial charge in [-0.2, -0.15) is 0 Å². The molecule has 3 N–H and O–H groups in total. The smallest absolute Gasteiger partial charge is 0.325 e. The van der Waals surface area contributed by atoms with Gasteiger partial charge >= 0.3 is 5.97 Å². The number of aliphatic carboxylic acids is 1. The average Bonchev–Trinajstić information content (AvgIpc) is 2.81. The molecule has 6 nitrogen and oxygen atoms in total. The second-order valence-electron chi connectivity index (χ2n) is 4.17. The van der Waals surface area contributed by atoms with Gasteiger partial charge < -0.3 is 20.1 Å². The number of fused-ring (bicyclic) bond motifs is 1. The molecule has 0 spiro atoms. The molecular weight excluding hydrogens is 248 g/mol. The molecule has 0 saturated heterocycles. The highest BCUT2D eigenvalue weighted by molar-refractivity contribution is 5.99. The second kappa shape index (κ2) is 5.01. The topological polar surface area (TPSA) is 91.4 Å². The molecule has 100 valence electrons. The first-order chi connectivity index (χ1) is 9.01. The summed E-state index contributed by atoms with van der Waals surface area (Å²) in [6, 6.07) is 6.11. The van der Waals surface area contributed by atoms with E-state index in [4.69, 9.17) is 9.84 Å². The Morgan fingerprint density at radius 3 is 2.74 bits per heavy atom. The van der Waals surface area contributed by atoms with E-state index in [1.54, 1.807) is 25.3 Å². The number of H-pyrrole nitrogens is 1. The van der Waals surface area contributed by atoms with Crippen LogP contribution in [0.25, 0.3) is 10.9 Å². The van der Waals surface area contributed by atoms with E-state index in [9.17, 15) is 9.59 Å². The number of aromatic nitrogens is 1. The maximum atomic E-state index is 11.8. The maximum Gasteiger partial charge on any atom is 0.325 e. The highest BCUT2D eigenvalue weighted by Gasteiger charge is 2.16. The van der Waals surface area contributed by atoms with E-state index in [2.05, 4.69) is 10.3 Å². The summed E-state index contributed by atoms with van der Waals surface area (Å²) in [6.45, 7) is 1.41. The first-order valence-electron chi connectivity index (χ1n) is 5.71. The largest absolute Gasteiger partial charge is 0.497 e. The van der Waals surface area contributed by atoms with Gasteiger partial charge in [0, 0.05) is 17.0 Å². The Labute approximate surface area is 109 Å². The van der Waals surface area contributed by atoms with Crippen molar-refractivity contribution in [1.29, 1.82) is 0 Å². The summed E-state index contributed by atoms with van der Waals surface area (Å²) in [5.41, 5.74) is 1.07. The number of carboxylic acids is 1. The highest BCUT2D eigenvalue weighted by atomic mass is 16.5. The third-order valence-electron chi connectivity index (χ3n) is 2.79. The minimum atomic E-state index is -1.08. The Morgan fingerprint density at radius 2 is 2.11 bits per heavy atom. The van der Waals surface area contributed by atoms with Crippen LogP contribution in [0.2, 0.25) is 0 Å². The number of ether oxygens (including phenoxy) is 1. The Morgan fingerprint density at radius 1 is 1.37 bits per heavy atom. The van der Waals surface area contributed by atoms with Crippen molar-refractivity contribution in [2.24, 2.45) is 0 Å². The lowest BCUT2D eigenvalue weighted by molar-refractivity contribution is -0.138. The molecule has 6 heteroatoms. The highest BCUT2D eigenvalue weighted by Crippen LogP contribution is 2.21. The van der Waals surface area contributed by atoms with Crippen molar-refractivity contribution in [2.45, 2.75) is 13.0 Å².